The lowest BCUT2D eigenvalue weighted by Gasteiger charge is -2.32. The number of anilines is 1. The molecule has 0 aliphatic carbocycles. The molecule has 0 spiro atoms. The fraction of sp³-hybridized carbons (Fsp3) is 0.556. The molecular weight excluding hydrogens is 306 g/mol. The fourth-order valence-electron chi connectivity index (χ4n) is 2.88. The lowest BCUT2D eigenvalue weighted by Crippen LogP contribution is -2.43. The zero-order valence-electron chi connectivity index (χ0n) is 14.7. The first-order chi connectivity index (χ1) is 11.5. The van der Waals surface area contributed by atoms with E-state index in [0.717, 1.165) is 38.2 Å². The normalized spacial score (nSPS) is 18.2. The maximum Gasteiger partial charge on any atom is 0.251 e. The van der Waals surface area contributed by atoms with Crippen LogP contribution >= 0.6 is 0 Å². The van der Waals surface area contributed by atoms with Crippen molar-refractivity contribution in [3.8, 4) is 0 Å². The van der Waals surface area contributed by atoms with Crippen LogP contribution in [0.15, 0.2) is 18.2 Å². The third-order valence-electron chi connectivity index (χ3n) is 4.21. The van der Waals surface area contributed by atoms with E-state index in [1.54, 1.807) is 18.2 Å². The van der Waals surface area contributed by atoms with Crippen molar-refractivity contribution in [1.29, 1.82) is 0 Å². The van der Waals surface area contributed by atoms with Crippen LogP contribution in [0.3, 0.4) is 0 Å². The number of morpholine rings is 1. The minimum Gasteiger partial charge on any atom is -0.375 e. The number of rotatable bonds is 6. The summed E-state index contributed by atoms with van der Waals surface area (Å²) in [6.07, 6.45) is 0.993. The first-order valence-corrected chi connectivity index (χ1v) is 8.50. The van der Waals surface area contributed by atoms with Crippen LogP contribution in [0.4, 0.5) is 5.69 Å². The smallest absolute Gasteiger partial charge is 0.251 e. The van der Waals surface area contributed by atoms with Crippen LogP contribution in [0.5, 0.6) is 0 Å². The first kappa shape index (κ1) is 18.4. The van der Waals surface area contributed by atoms with Crippen molar-refractivity contribution < 1.29 is 14.3 Å². The summed E-state index contributed by atoms with van der Waals surface area (Å²) in [7, 11) is 0. The van der Waals surface area contributed by atoms with Gasteiger partial charge in [0, 0.05) is 37.8 Å². The Morgan fingerprint density at radius 2 is 2.17 bits per heavy atom. The lowest BCUT2D eigenvalue weighted by atomic mass is 10.1. The van der Waals surface area contributed by atoms with E-state index < -0.39 is 0 Å². The number of nitrogens with zero attached hydrogens (tertiary/aromatic N) is 1. The summed E-state index contributed by atoms with van der Waals surface area (Å²) in [6, 6.07) is 5.29. The molecule has 1 aliphatic rings. The third kappa shape index (κ3) is 5.32. The molecule has 1 unspecified atom stereocenters. The zero-order chi connectivity index (χ0) is 17.5. The Hall–Kier alpha value is -1.92. The topological polar surface area (TPSA) is 70.7 Å². The molecule has 0 aromatic heterocycles. The summed E-state index contributed by atoms with van der Waals surface area (Å²) in [6.45, 7) is 9.77. The SMILES string of the molecule is CCN1CCOC(CCNC(=O)c2ccc(NC(C)=O)cc2C)C1. The molecule has 1 saturated heterocycles. The summed E-state index contributed by atoms with van der Waals surface area (Å²) < 4.78 is 5.74. The molecule has 6 nitrogen and oxygen atoms in total. The number of carbonyl (C=O) groups excluding carboxylic acids is 2. The van der Waals surface area contributed by atoms with Gasteiger partial charge in [-0.3, -0.25) is 14.5 Å². The van der Waals surface area contributed by atoms with Gasteiger partial charge in [-0.15, -0.1) is 0 Å². The maximum absolute atomic E-state index is 12.3. The van der Waals surface area contributed by atoms with Gasteiger partial charge in [-0.25, -0.2) is 0 Å². The van der Waals surface area contributed by atoms with Crippen molar-refractivity contribution in [3.63, 3.8) is 0 Å². The van der Waals surface area contributed by atoms with Crippen molar-refractivity contribution in [1.82, 2.24) is 10.2 Å². The first-order valence-electron chi connectivity index (χ1n) is 8.50. The number of ether oxygens (including phenoxy) is 1. The van der Waals surface area contributed by atoms with Crippen LogP contribution in [-0.4, -0.2) is 55.6 Å². The van der Waals surface area contributed by atoms with Crippen molar-refractivity contribution in [2.45, 2.75) is 33.3 Å². The van der Waals surface area contributed by atoms with E-state index in [1.165, 1.54) is 6.92 Å². The highest BCUT2D eigenvalue weighted by atomic mass is 16.5. The van der Waals surface area contributed by atoms with E-state index >= 15 is 0 Å². The third-order valence-corrected chi connectivity index (χ3v) is 4.21. The average Bonchev–Trinajstić information content (AvgIpc) is 2.54. The van der Waals surface area contributed by atoms with E-state index in [4.69, 9.17) is 4.74 Å². The van der Waals surface area contributed by atoms with Gasteiger partial charge in [0.25, 0.3) is 5.91 Å². The maximum atomic E-state index is 12.3. The zero-order valence-corrected chi connectivity index (χ0v) is 14.7. The molecule has 1 atom stereocenters. The highest BCUT2D eigenvalue weighted by Gasteiger charge is 2.19. The van der Waals surface area contributed by atoms with Gasteiger partial charge in [0.1, 0.15) is 0 Å². The highest BCUT2D eigenvalue weighted by molar-refractivity contribution is 5.97. The van der Waals surface area contributed by atoms with Gasteiger partial charge in [-0.2, -0.15) is 0 Å². The van der Waals surface area contributed by atoms with Crippen LogP contribution in [0.2, 0.25) is 0 Å². The summed E-state index contributed by atoms with van der Waals surface area (Å²) in [5, 5.41) is 5.67. The fourth-order valence-corrected chi connectivity index (χ4v) is 2.88. The molecular formula is C18H27N3O3. The summed E-state index contributed by atoms with van der Waals surface area (Å²) in [5.41, 5.74) is 2.17. The molecule has 0 radical (unpaired) electrons. The van der Waals surface area contributed by atoms with Crippen molar-refractivity contribution in [3.05, 3.63) is 29.3 Å². The Bertz CT molecular complexity index is 589. The molecule has 1 aromatic carbocycles. The second-order valence-corrected chi connectivity index (χ2v) is 6.14. The van der Waals surface area contributed by atoms with E-state index in [1.807, 2.05) is 6.92 Å². The van der Waals surface area contributed by atoms with Gasteiger partial charge in [0.05, 0.1) is 12.7 Å². The quantitative estimate of drug-likeness (QED) is 0.833. The average molecular weight is 333 g/mol. The number of hydrogen-bond acceptors (Lipinski definition) is 4. The Morgan fingerprint density at radius 1 is 1.38 bits per heavy atom. The van der Waals surface area contributed by atoms with Gasteiger partial charge < -0.3 is 15.4 Å². The number of hydrogen-bond donors (Lipinski definition) is 2. The minimum atomic E-state index is -0.125. The molecule has 2 N–H and O–H groups in total. The molecule has 1 aliphatic heterocycles. The summed E-state index contributed by atoms with van der Waals surface area (Å²) >= 11 is 0. The summed E-state index contributed by atoms with van der Waals surface area (Å²) in [5.74, 6) is -0.217. The monoisotopic (exact) mass is 333 g/mol. The number of nitrogens with one attached hydrogen (secondary N) is 2. The van der Waals surface area contributed by atoms with Crippen LogP contribution in [0.1, 0.15) is 36.2 Å². The molecule has 0 bridgehead atoms. The molecule has 0 saturated carbocycles. The van der Waals surface area contributed by atoms with E-state index in [0.29, 0.717) is 17.8 Å². The molecule has 6 heteroatoms. The predicted octanol–water partition coefficient (Wildman–Crippen LogP) is 1.79. The molecule has 2 amide bonds. The van der Waals surface area contributed by atoms with Gasteiger partial charge in [0.2, 0.25) is 5.91 Å². The number of benzene rings is 1. The van der Waals surface area contributed by atoms with E-state index in [-0.39, 0.29) is 17.9 Å². The number of carbonyl (C=O) groups is 2. The van der Waals surface area contributed by atoms with Gasteiger partial charge in [-0.05, 0) is 43.7 Å². The Kier molecular flexibility index (Phi) is 6.75. The largest absolute Gasteiger partial charge is 0.375 e. The van der Waals surface area contributed by atoms with Gasteiger partial charge in [0.15, 0.2) is 0 Å². The minimum absolute atomic E-state index is 0.0926. The molecule has 24 heavy (non-hydrogen) atoms. The number of likely N-dealkylation sites (N-methyl/N-ethyl adjacent to an activating group) is 1. The van der Waals surface area contributed by atoms with Crippen LogP contribution in [0, 0.1) is 6.92 Å². The molecule has 2 rings (SSSR count). The Morgan fingerprint density at radius 3 is 2.83 bits per heavy atom. The number of aryl methyl sites for hydroxylation is 1. The van der Waals surface area contributed by atoms with E-state index in [2.05, 4.69) is 22.5 Å². The van der Waals surface area contributed by atoms with Crippen LogP contribution in [0.25, 0.3) is 0 Å². The second-order valence-electron chi connectivity index (χ2n) is 6.14. The second kappa shape index (κ2) is 8.80. The Balaban J connectivity index is 1.83. The van der Waals surface area contributed by atoms with E-state index in [9.17, 15) is 9.59 Å². The van der Waals surface area contributed by atoms with Gasteiger partial charge >= 0.3 is 0 Å². The van der Waals surface area contributed by atoms with Gasteiger partial charge in [-0.1, -0.05) is 6.92 Å². The molecule has 1 heterocycles. The number of amides is 2. The van der Waals surface area contributed by atoms with Crippen molar-refractivity contribution in [2.24, 2.45) is 0 Å². The highest BCUT2D eigenvalue weighted by Crippen LogP contribution is 2.15. The summed E-state index contributed by atoms with van der Waals surface area (Å²) in [4.78, 5) is 25.7. The molecule has 1 aromatic rings. The van der Waals surface area contributed by atoms with Crippen molar-refractivity contribution in [2.75, 3.05) is 38.1 Å². The molecule has 1 fully saturated rings. The lowest BCUT2D eigenvalue weighted by molar-refractivity contribution is -0.114. The predicted molar refractivity (Wildman–Crippen MR) is 94.3 cm³/mol. The molecule has 132 valence electrons. The standard InChI is InChI=1S/C18H27N3O3/c1-4-21-9-10-24-16(12-21)7-8-19-18(23)17-6-5-15(11-13(17)2)20-14(3)22/h5-6,11,16H,4,7-10,12H2,1-3H3,(H,19,23)(H,20,22). The van der Waals surface area contributed by atoms with Crippen molar-refractivity contribution >= 4 is 17.5 Å². The van der Waals surface area contributed by atoms with Crippen LogP contribution < -0.4 is 10.6 Å². The Labute approximate surface area is 143 Å². The van der Waals surface area contributed by atoms with Crippen LogP contribution in [-0.2, 0) is 9.53 Å².